The van der Waals surface area contributed by atoms with Crippen LogP contribution in [-0.2, 0) is 20.8 Å². The number of thiophene rings is 1. The topological polar surface area (TPSA) is 38.8 Å². The van der Waals surface area contributed by atoms with E-state index in [0.29, 0.717) is 13.0 Å². The van der Waals surface area contributed by atoms with Crippen LogP contribution in [-0.4, -0.2) is 43.8 Å². The molecule has 1 aliphatic heterocycles. The molecular weight excluding hydrogens is 274 g/mol. The number of carbonyl (C=O) groups is 1. The molecule has 0 amide bonds. The first-order valence-electron chi connectivity index (χ1n) is 5.71. The first-order valence-corrected chi connectivity index (χ1v) is 6.97. The number of rotatable bonds is 4. The quantitative estimate of drug-likeness (QED) is 0.796. The smallest absolute Gasteiger partial charge is 0.323 e. The van der Waals surface area contributed by atoms with Crippen LogP contribution in [0, 0.1) is 0 Å². The zero-order valence-electron chi connectivity index (χ0n) is 10.4. The second-order valence-electron chi connectivity index (χ2n) is 4.29. The molecule has 1 fully saturated rings. The molecule has 6 heteroatoms. The van der Waals surface area contributed by atoms with Crippen molar-refractivity contribution in [2.24, 2.45) is 0 Å². The summed E-state index contributed by atoms with van der Waals surface area (Å²) in [6.45, 7) is 1.45. The molecule has 0 unspecified atom stereocenters. The number of likely N-dealkylation sites (tertiary alicyclic amines) is 1. The molecule has 18 heavy (non-hydrogen) atoms. The van der Waals surface area contributed by atoms with E-state index in [-0.39, 0.29) is 18.1 Å². The highest BCUT2D eigenvalue weighted by Crippen LogP contribution is 2.26. The van der Waals surface area contributed by atoms with Gasteiger partial charge in [-0.3, -0.25) is 9.69 Å². The Hall–Kier alpha value is -0.620. The van der Waals surface area contributed by atoms with Crippen molar-refractivity contribution in [2.75, 3.05) is 20.8 Å². The van der Waals surface area contributed by atoms with Crippen LogP contribution in [0.3, 0.4) is 0 Å². The summed E-state index contributed by atoms with van der Waals surface area (Å²) in [5.74, 6) is -0.197. The van der Waals surface area contributed by atoms with Crippen LogP contribution >= 0.6 is 22.9 Å². The molecule has 0 aliphatic carbocycles. The normalized spacial score (nSPS) is 24.4. The van der Waals surface area contributed by atoms with Crippen molar-refractivity contribution >= 4 is 28.9 Å². The Labute approximate surface area is 115 Å². The lowest BCUT2D eigenvalue weighted by Gasteiger charge is -2.21. The second-order valence-corrected chi connectivity index (χ2v) is 5.73. The highest BCUT2D eigenvalue weighted by molar-refractivity contribution is 7.10. The Balaban J connectivity index is 2.06. The summed E-state index contributed by atoms with van der Waals surface area (Å²) in [6, 6.07) is 1.71. The summed E-state index contributed by atoms with van der Waals surface area (Å²) < 4.78 is 10.2. The van der Waals surface area contributed by atoms with E-state index >= 15 is 0 Å². The van der Waals surface area contributed by atoms with Crippen molar-refractivity contribution in [1.82, 2.24) is 4.90 Å². The van der Waals surface area contributed by atoms with E-state index in [2.05, 4.69) is 4.90 Å². The van der Waals surface area contributed by atoms with Gasteiger partial charge in [-0.05, 0) is 6.07 Å². The molecule has 1 aliphatic rings. The minimum absolute atomic E-state index is 0.0875. The zero-order valence-corrected chi connectivity index (χ0v) is 12.0. The molecule has 4 nitrogen and oxygen atoms in total. The van der Waals surface area contributed by atoms with Crippen LogP contribution in [0.1, 0.15) is 11.3 Å². The average Bonchev–Trinajstić information content (AvgIpc) is 2.95. The highest BCUT2D eigenvalue weighted by atomic mass is 35.5. The van der Waals surface area contributed by atoms with E-state index in [0.717, 1.165) is 16.4 Å². The van der Waals surface area contributed by atoms with Crippen molar-refractivity contribution in [3.8, 4) is 0 Å². The molecule has 2 heterocycles. The lowest BCUT2D eigenvalue weighted by Crippen LogP contribution is -2.36. The van der Waals surface area contributed by atoms with E-state index in [1.54, 1.807) is 18.4 Å². The van der Waals surface area contributed by atoms with Gasteiger partial charge in [0.15, 0.2) is 0 Å². The Morgan fingerprint density at radius 1 is 1.61 bits per heavy atom. The molecule has 2 rings (SSSR count). The zero-order chi connectivity index (χ0) is 13.1. The third kappa shape index (κ3) is 3.03. The number of nitrogens with zero attached hydrogens (tertiary/aromatic N) is 1. The fraction of sp³-hybridized carbons (Fsp3) is 0.583. The van der Waals surface area contributed by atoms with Gasteiger partial charge < -0.3 is 9.47 Å². The van der Waals surface area contributed by atoms with E-state index in [1.807, 2.05) is 11.4 Å². The van der Waals surface area contributed by atoms with Crippen molar-refractivity contribution in [1.29, 1.82) is 0 Å². The Kier molecular flexibility index (Phi) is 4.61. The van der Waals surface area contributed by atoms with E-state index in [1.165, 1.54) is 7.11 Å². The minimum atomic E-state index is -0.221. The van der Waals surface area contributed by atoms with Crippen LogP contribution in [0.25, 0.3) is 0 Å². The number of esters is 1. The van der Waals surface area contributed by atoms with Crippen molar-refractivity contribution in [3.63, 3.8) is 0 Å². The van der Waals surface area contributed by atoms with Crippen molar-refractivity contribution in [2.45, 2.75) is 25.1 Å². The molecule has 0 N–H and O–H groups in total. The Morgan fingerprint density at radius 2 is 2.39 bits per heavy atom. The fourth-order valence-electron chi connectivity index (χ4n) is 2.23. The number of hydrogen-bond acceptors (Lipinski definition) is 5. The number of ether oxygens (including phenoxy) is 2. The van der Waals surface area contributed by atoms with Gasteiger partial charge in [0.2, 0.25) is 0 Å². The molecule has 1 aromatic rings. The van der Waals surface area contributed by atoms with E-state index in [9.17, 15) is 4.79 Å². The molecule has 0 bridgehead atoms. The van der Waals surface area contributed by atoms with Crippen molar-refractivity contribution in [3.05, 3.63) is 21.3 Å². The van der Waals surface area contributed by atoms with E-state index in [4.69, 9.17) is 21.1 Å². The molecule has 100 valence electrons. The van der Waals surface area contributed by atoms with Gasteiger partial charge in [-0.15, -0.1) is 11.3 Å². The minimum Gasteiger partial charge on any atom is -0.468 e. The lowest BCUT2D eigenvalue weighted by molar-refractivity contribution is -0.146. The first-order chi connectivity index (χ1) is 8.63. The summed E-state index contributed by atoms with van der Waals surface area (Å²) in [7, 11) is 3.09. The molecule has 0 aromatic carbocycles. The monoisotopic (exact) mass is 289 g/mol. The average molecular weight is 290 g/mol. The van der Waals surface area contributed by atoms with Gasteiger partial charge in [-0.25, -0.2) is 0 Å². The number of halogens is 1. The van der Waals surface area contributed by atoms with Gasteiger partial charge in [0.25, 0.3) is 0 Å². The first kappa shape index (κ1) is 13.8. The summed E-state index contributed by atoms with van der Waals surface area (Å²) in [5.41, 5.74) is 0. The maximum Gasteiger partial charge on any atom is 0.323 e. The maximum absolute atomic E-state index is 11.7. The molecule has 1 aromatic heterocycles. The molecule has 0 radical (unpaired) electrons. The SMILES string of the molecule is COC(=O)[C@H]1C[C@@H](OC)CN1Cc1cc(Cl)cs1. The van der Waals surface area contributed by atoms with Gasteiger partial charge in [-0.1, -0.05) is 11.6 Å². The summed E-state index contributed by atoms with van der Waals surface area (Å²) in [5, 5.41) is 2.64. The third-order valence-corrected chi connectivity index (χ3v) is 4.42. The molecule has 1 saturated heterocycles. The predicted molar refractivity (Wildman–Crippen MR) is 71.0 cm³/mol. The summed E-state index contributed by atoms with van der Waals surface area (Å²) in [6.07, 6.45) is 0.770. The molecule has 2 atom stereocenters. The maximum atomic E-state index is 11.7. The van der Waals surface area contributed by atoms with E-state index < -0.39 is 0 Å². The van der Waals surface area contributed by atoms with Gasteiger partial charge in [-0.2, -0.15) is 0 Å². The number of hydrogen-bond donors (Lipinski definition) is 0. The molecule has 0 saturated carbocycles. The molecular formula is C12H16ClNO3S. The summed E-state index contributed by atoms with van der Waals surface area (Å²) in [4.78, 5) is 15.0. The Morgan fingerprint density at radius 3 is 2.94 bits per heavy atom. The van der Waals surface area contributed by atoms with Crippen LogP contribution in [0.2, 0.25) is 5.02 Å². The van der Waals surface area contributed by atoms with Crippen LogP contribution in [0.15, 0.2) is 11.4 Å². The number of methoxy groups -OCH3 is 2. The summed E-state index contributed by atoms with van der Waals surface area (Å²) >= 11 is 7.50. The van der Waals surface area contributed by atoms with Crippen LogP contribution in [0.5, 0.6) is 0 Å². The lowest BCUT2D eigenvalue weighted by atomic mass is 10.2. The largest absolute Gasteiger partial charge is 0.468 e. The standard InChI is InChI=1S/C12H16ClNO3S/c1-16-9-4-11(12(15)17-2)14(5-9)6-10-3-8(13)7-18-10/h3,7,9,11H,4-6H2,1-2H3/t9-,11-/m1/s1. The number of carbonyl (C=O) groups excluding carboxylic acids is 1. The third-order valence-electron chi connectivity index (χ3n) is 3.15. The fourth-order valence-corrected chi connectivity index (χ4v) is 3.32. The highest BCUT2D eigenvalue weighted by Gasteiger charge is 2.37. The van der Waals surface area contributed by atoms with Gasteiger partial charge >= 0.3 is 5.97 Å². The molecule has 0 spiro atoms. The van der Waals surface area contributed by atoms with Crippen molar-refractivity contribution < 1.29 is 14.3 Å². The van der Waals surface area contributed by atoms with Gasteiger partial charge in [0.1, 0.15) is 6.04 Å². The second kappa shape index (κ2) is 6.02. The Bertz CT molecular complexity index is 423. The predicted octanol–water partition coefficient (Wildman–Crippen LogP) is 2.16. The van der Waals surface area contributed by atoms with Crippen LogP contribution in [0.4, 0.5) is 0 Å². The van der Waals surface area contributed by atoms with Gasteiger partial charge in [0.05, 0.1) is 18.2 Å². The van der Waals surface area contributed by atoms with Crippen LogP contribution < -0.4 is 0 Å². The van der Waals surface area contributed by atoms with Gasteiger partial charge in [0, 0.05) is 36.9 Å².